The van der Waals surface area contributed by atoms with Crippen molar-refractivity contribution in [1.82, 2.24) is 10.6 Å². The Bertz CT molecular complexity index is 481. The van der Waals surface area contributed by atoms with Crippen LogP contribution in [0.5, 0.6) is 0 Å². The maximum Gasteiger partial charge on any atom is 0.191 e. The summed E-state index contributed by atoms with van der Waals surface area (Å²) >= 11 is 0. The maximum atomic E-state index is 5.62. The van der Waals surface area contributed by atoms with Crippen LogP contribution < -0.4 is 10.6 Å². The normalized spacial score (nSPS) is 11.6. The highest BCUT2D eigenvalue weighted by molar-refractivity contribution is 5.79. The van der Waals surface area contributed by atoms with Gasteiger partial charge in [0.15, 0.2) is 5.96 Å². The van der Waals surface area contributed by atoms with E-state index in [9.17, 15) is 0 Å². The summed E-state index contributed by atoms with van der Waals surface area (Å²) in [5.41, 5.74) is 2.32. The third-order valence-electron chi connectivity index (χ3n) is 3.42. The van der Waals surface area contributed by atoms with Gasteiger partial charge in [-0.05, 0) is 31.4 Å². The second-order valence-corrected chi connectivity index (χ2v) is 5.54. The van der Waals surface area contributed by atoms with Gasteiger partial charge in [-0.15, -0.1) is 0 Å². The minimum atomic E-state index is 0.597. The van der Waals surface area contributed by atoms with E-state index in [0.717, 1.165) is 44.2 Å². The predicted molar refractivity (Wildman–Crippen MR) is 102 cm³/mol. The Labute approximate surface area is 152 Å². The van der Waals surface area contributed by atoms with Crippen molar-refractivity contribution in [3.8, 4) is 0 Å². The summed E-state index contributed by atoms with van der Waals surface area (Å²) in [7, 11) is 1.72. The summed E-state index contributed by atoms with van der Waals surface area (Å²) in [6, 6.07) is 8.34. The quantitative estimate of drug-likeness (QED) is 0.324. The van der Waals surface area contributed by atoms with E-state index in [1.165, 1.54) is 5.56 Å². The molecule has 0 bridgehead atoms. The van der Waals surface area contributed by atoms with Gasteiger partial charge in [-0.2, -0.15) is 0 Å². The number of rotatable bonds is 13. The van der Waals surface area contributed by atoms with Crippen LogP contribution in [0.15, 0.2) is 29.3 Å². The largest absolute Gasteiger partial charge is 0.385 e. The molecule has 0 saturated carbocycles. The molecule has 142 valence electrons. The molecule has 0 amide bonds. The molecule has 6 nitrogen and oxygen atoms in total. The first-order chi connectivity index (χ1) is 12.3. The van der Waals surface area contributed by atoms with Crippen LogP contribution in [-0.2, 0) is 27.4 Å². The van der Waals surface area contributed by atoms with Crippen molar-refractivity contribution >= 4 is 5.96 Å². The fraction of sp³-hybridized carbons (Fsp3) is 0.632. The number of hydrogen-bond acceptors (Lipinski definition) is 4. The Morgan fingerprint density at radius 1 is 1.04 bits per heavy atom. The Balaban J connectivity index is 2.45. The molecular formula is C19H33N3O3. The van der Waals surface area contributed by atoms with E-state index in [4.69, 9.17) is 14.2 Å². The highest BCUT2D eigenvalue weighted by atomic mass is 16.5. The molecule has 0 saturated heterocycles. The van der Waals surface area contributed by atoms with Crippen molar-refractivity contribution in [2.24, 2.45) is 4.99 Å². The summed E-state index contributed by atoms with van der Waals surface area (Å²) in [6.07, 6.45) is 0.954. The maximum absolute atomic E-state index is 5.62. The van der Waals surface area contributed by atoms with E-state index in [0.29, 0.717) is 26.4 Å². The van der Waals surface area contributed by atoms with E-state index < -0.39 is 0 Å². The van der Waals surface area contributed by atoms with Crippen LogP contribution in [0.25, 0.3) is 0 Å². The molecule has 0 heterocycles. The number of aliphatic imine (C=N–C) groups is 1. The van der Waals surface area contributed by atoms with Gasteiger partial charge in [0, 0.05) is 33.4 Å². The standard InChI is InChI=1S/C19H33N3O3/c1-4-20-19(21-10-7-11-23-3)22-15-17-8-6-9-18(14-17)16-25-13-12-24-5-2/h6,8-9,14H,4-5,7,10-13,15-16H2,1-3H3,(H2,20,21,22). The molecular weight excluding hydrogens is 318 g/mol. The molecule has 0 aliphatic carbocycles. The third-order valence-corrected chi connectivity index (χ3v) is 3.42. The van der Waals surface area contributed by atoms with Crippen molar-refractivity contribution in [2.45, 2.75) is 33.4 Å². The Kier molecular flexibility index (Phi) is 12.6. The van der Waals surface area contributed by atoms with Gasteiger partial charge in [0.25, 0.3) is 0 Å². The molecule has 0 unspecified atom stereocenters. The lowest BCUT2D eigenvalue weighted by Gasteiger charge is -2.11. The van der Waals surface area contributed by atoms with Crippen molar-refractivity contribution < 1.29 is 14.2 Å². The average Bonchev–Trinajstić information content (AvgIpc) is 2.63. The van der Waals surface area contributed by atoms with E-state index in [1.807, 2.05) is 13.0 Å². The first kappa shape index (κ1) is 21.4. The van der Waals surface area contributed by atoms with Gasteiger partial charge < -0.3 is 24.8 Å². The Morgan fingerprint density at radius 3 is 2.60 bits per heavy atom. The molecule has 0 aliphatic rings. The van der Waals surface area contributed by atoms with Gasteiger partial charge in [0.05, 0.1) is 26.4 Å². The minimum Gasteiger partial charge on any atom is -0.385 e. The second-order valence-electron chi connectivity index (χ2n) is 5.54. The zero-order chi connectivity index (χ0) is 18.2. The van der Waals surface area contributed by atoms with Gasteiger partial charge in [-0.1, -0.05) is 24.3 Å². The molecule has 0 atom stereocenters. The zero-order valence-electron chi connectivity index (χ0n) is 15.8. The minimum absolute atomic E-state index is 0.597. The number of nitrogens with one attached hydrogen (secondary N) is 2. The fourth-order valence-electron chi connectivity index (χ4n) is 2.21. The topological polar surface area (TPSA) is 64.1 Å². The van der Waals surface area contributed by atoms with Crippen molar-refractivity contribution in [2.75, 3.05) is 46.6 Å². The van der Waals surface area contributed by atoms with Crippen molar-refractivity contribution in [3.05, 3.63) is 35.4 Å². The molecule has 0 aromatic heterocycles. The Hall–Kier alpha value is -1.63. The van der Waals surface area contributed by atoms with Crippen LogP contribution >= 0.6 is 0 Å². The molecule has 25 heavy (non-hydrogen) atoms. The smallest absolute Gasteiger partial charge is 0.191 e. The van der Waals surface area contributed by atoms with Crippen LogP contribution in [-0.4, -0.2) is 52.6 Å². The number of ether oxygens (including phenoxy) is 3. The lowest BCUT2D eigenvalue weighted by atomic mass is 10.1. The molecule has 6 heteroatoms. The Morgan fingerprint density at radius 2 is 1.84 bits per heavy atom. The highest BCUT2D eigenvalue weighted by Crippen LogP contribution is 2.08. The first-order valence-electron chi connectivity index (χ1n) is 9.04. The van der Waals surface area contributed by atoms with Crippen LogP contribution in [0.4, 0.5) is 0 Å². The van der Waals surface area contributed by atoms with Gasteiger partial charge >= 0.3 is 0 Å². The number of methoxy groups -OCH3 is 1. The van der Waals surface area contributed by atoms with E-state index in [-0.39, 0.29) is 0 Å². The van der Waals surface area contributed by atoms with Gasteiger partial charge in [0.1, 0.15) is 0 Å². The van der Waals surface area contributed by atoms with Crippen molar-refractivity contribution in [1.29, 1.82) is 0 Å². The molecule has 0 spiro atoms. The van der Waals surface area contributed by atoms with E-state index in [1.54, 1.807) is 7.11 Å². The van der Waals surface area contributed by atoms with Gasteiger partial charge in [0.2, 0.25) is 0 Å². The molecule has 0 radical (unpaired) electrons. The van der Waals surface area contributed by atoms with Crippen LogP contribution in [0.3, 0.4) is 0 Å². The first-order valence-corrected chi connectivity index (χ1v) is 9.04. The fourth-order valence-corrected chi connectivity index (χ4v) is 2.21. The highest BCUT2D eigenvalue weighted by Gasteiger charge is 1.99. The summed E-state index contributed by atoms with van der Waals surface area (Å²) < 4.78 is 15.9. The number of benzene rings is 1. The average molecular weight is 351 g/mol. The summed E-state index contributed by atoms with van der Waals surface area (Å²) in [5.74, 6) is 0.831. The lowest BCUT2D eigenvalue weighted by molar-refractivity contribution is 0.0453. The van der Waals surface area contributed by atoms with E-state index in [2.05, 4.69) is 40.7 Å². The lowest BCUT2D eigenvalue weighted by Crippen LogP contribution is -2.38. The molecule has 1 aromatic carbocycles. The van der Waals surface area contributed by atoms with Gasteiger partial charge in [-0.25, -0.2) is 4.99 Å². The number of nitrogens with zero attached hydrogens (tertiary/aromatic N) is 1. The molecule has 1 rings (SSSR count). The summed E-state index contributed by atoms with van der Waals surface area (Å²) in [4.78, 5) is 4.64. The number of guanidine groups is 1. The molecule has 0 aliphatic heterocycles. The van der Waals surface area contributed by atoms with Crippen molar-refractivity contribution in [3.63, 3.8) is 0 Å². The van der Waals surface area contributed by atoms with Crippen LogP contribution in [0.1, 0.15) is 31.4 Å². The zero-order valence-corrected chi connectivity index (χ0v) is 15.8. The monoisotopic (exact) mass is 351 g/mol. The summed E-state index contributed by atoms with van der Waals surface area (Å²) in [6.45, 7) is 9.68. The summed E-state index contributed by atoms with van der Waals surface area (Å²) in [5, 5.41) is 6.57. The van der Waals surface area contributed by atoms with Gasteiger partial charge in [-0.3, -0.25) is 0 Å². The van der Waals surface area contributed by atoms with E-state index >= 15 is 0 Å². The third kappa shape index (κ3) is 10.8. The van der Waals surface area contributed by atoms with Crippen LogP contribution in [0, 0.1) is 0 Å². The number of hydrogen-bond donors (Lipinski definition) is 2. The molecule has 2 N–H and O–H groups in total. The molecule has 1 aromatic rings. The predicted octanol–water partition coefficient (Wildman–Crippen LogP) is 2.33. The second kappa shape index (κ2) is 14.7. The molecule has 0 fully saturated rings. The van der Waals surface area contributed by atoms with Crippen LogP contribution in [0.2, 0.25) is 0 Å². The SMILES string of the molecule is CCNC(=NCc1cccc(COCCOCC)c1)NCCCOC.